The summed E-state index contributed by atoms with van der Waals surface area (Å²) in [7, 11) is -0.561. The zero-order valence-corrected chi connectivity index (χ0v) is 14.7. The largest absolute Gasteiger partial charge is 0.301 e. The Labute approximate surface area is 145 Å². The van der Waals surface area contributed by atoms with Crippen LogP contribution in [0, 0.1) is 11.6 Å². The van der Waals surface area contributed by atoms with Crippen molar-refractivity contribution in [3.05, 3.63) is 64.7 Å². The summed E-state index contributed by atoms with van der Waals surface area (Å²) in [5.41, 5.74) is 0.742. The second-order valence-corrected chi connectivity index (χ2v) is 7.57. The molecule has 4 nitrogen and oxygen atoms in total. The average Bonchev–Trinajstić information content (AvgIpc) is 2.48. The molecule has 0 radical (unpaired) electrons. The molecular formula is C16H17ClF2N2O2S. The Morgan fingerprint density at radius 1 is 1.17 bits per heavy atom. The maximum atomic E-state index is 13.7. The first-order valence-corrected chi connectivity index (χ1v) is 8.94. The lowest BCUT2D eigenvalue weighted by molar-refractivity contribution is 0.299. The van der Waals surface area contributed by atoms with Gasteiger partial charge in [-0.1, -0.05) is 29.8 Å². The summed E-state index contributed by atoms with van der Waals surface area (Å²) in [6, 6.07) is 9.05. The molecule has 2 aromatic carbocycles. The SMILES string of the molecule is CN(C)C(CNS(=O)(=O)c1ccc(F)cc1F)c1ccccc1Cl. The minimum atomic E-state index is -4.12. The summed E-state index contributed by atoms with van der Waals surface area (Å²) in [6.07, 6.45) is 0. The molecule has 0 aliphatic heterocycles. The fourth-order valence-electron chi connectivity index (χ4n) is 2.28. The molecule has 2 aromatic rings. The van der Waals surface area contributed by atoms with Gasteiger partial charge in [-0.05, 0) is 37.9 Å². The number of rotatable bonds is 6. The number of benzene rings is 2. The zero-order chi connectivity index (χ0) is 17.9. The highest BCUT2D eigenvalue weighted by atomic mass is 35.5. The van der Waals surface area contributed by atoms with E-state index in [0.717, 1.165) is 17.7 Å². The molecule has 2 rings (SSSR count). The molecular weight excluding hydrogens is 358 g/mol. The average molecular weight is 375 g/mol. The van der Waals surface area contributed by atoms with E-state index in [1.54, 1.807) is 43.3 Å². The minimum Gasteiger partial charge on any atom is -0.301 e. The van der Waals surface area contributed by atoms with Gasteiger partial charge in [0.15, 0.2) is 0 Å². The van der Waals surface area contributed by atoms with Gasteiger partial charge in [0.2, 0.25) is 10.0 Å². The van der Waals surface area contributed by atoms with Crippen LogP contribution in [0.3, 0.4) is 0 Å². The number of likely N-dealkylation sites (N-methyl/N-ethyl adjacent to an activating group) is 1. The molecule has 1 N–H and O–H groups in total. The number of nitrogens with one attached hydrogen (secondary N) is 1. The van der Waals surface area contributed by atoms with Crippen molar-refractivity contribution in [2.45, 2.75) is 10.9 Å². The molecule has 0 fully saturated rings. The van der Waals surface area contributed by atoms with Crippen LogP contribution in [0.2, 0.25) is 5.02 Å². The van der Waals surface area contributed by atoms with E-state index in [2.05, 4.69) is 4.72 Å². The van der Waals surface area contributed by atoms with E-state index in [4.69, 9.17) is 11.6 Å². The van der Waals surface area contributed by atoms with Gasteiger partial charge in [0.25, 0.3) is 0 Å². The molecule has 1 atom stereocenters. The van der Waals surface area contributed by atoms with Crippen LogP contribution in [-0.2, 0) is 10.0 Å². The third-order valence-electron chi connectivity index (χ3n) is 3.54. The van der Waals surface area contributed by atoms with E-state index >= 15 is 0 Å². The molecule has 0 saturated carbocycles. The molecule has 0 aromatic heterocycles. The summed E-state index contributed by atoms with van der Waals surface area (Å²) in [4.78, 5) is 1.20. The highest BCUT2D eigenvalue weighted by molar-refractivity contribution is 7.89. The van der Waals surface area contributed by atoms with Crippen LogP contribution in [0.1, 0.15) is 11.6 Å². The number of sulfonamides is 1. The quantitative estimate of drug-likeness (QED) is 0.844. The Bertz CT molecular complexity index is 829. The molecule has 0 aliphatic carbocycles. The van der Waals surface area contributed by atoms with Crippen LogP contribution in [0.25, 0.3) is 0 Å². The maximum absolute atomic E-state index is 13.7. The van der Waals surface area contributed by atoms with Gasteiger partial charge < -0.3 is 4.90 Å². The molecule has 0 aliphatic rings. The van der Waals surface area contributed by atoms with Crippen molar-refractivity contribution in [2.75, 3.05) is 20.6 Å². The van der Waals surface area contributed by atoms with Gasteiger partial charge in [-0.3, -0.25) is 0 Å². The molecule has 0 saturated heterocycles. The minimum absolute atomic E-state index is 0.0180. The maximum Gasteiger partial charge on any atom is 0.243 e. The van der Waals surface area contributed by atoms with E-state index < -0.39 is 26.6 Å². The van der Waals surface area contributed by atoms with E-state index in [0.29, 0.717) is 11.1 Å². The molecule has 0 amide bonds. The molecule has 0 spiro atoms. The summed E-state index contributed by atoms with van der Waals surface area (Å²) in [6.45, 7) is -0.0180. The Kier molecular flexibility index (Phi) is 5.92. The summed E-state index contributed by atoms with van der Waals surface area (Å²) < 4.78 is 53.6. The molecule has 0 heterocycles. The Morgan fingerprint density at radius 3 is 2.42 bits per heavy atom. The van der Waals surface area contributed by atoms with Gasteiger partial charge in [0, 0.05) is 23.7 Å². The van der Waals surface area contributed by atoms with Crippen molar-refractivity contribution in [1.29, 1.82) is 0 Å². The number of hydrogen-bond acceptors (Lipinski definition) is 3. The van der Waals surface area contributed by atoms with Crippen molar-refractivity contribution in [1.82, 2.24) is 9.62 Å². The van der Waals surface area contributed by atoms with Crippen LogP contribution in [-0.4, -0.2) is 34.0 Å². The molecule has 130 valence electrons. The lowest BCUT2D eigenvalue weighted by Crippen LogP contribution is -2.35. The molecule has 1 unspecified atom stereocenters. The third-order valence-corrected chi connectivity index (χ3v) is 5.34. The topological polar surface area (TPSA) is 49.4 Å². The standard InChI is InChI=1S/C16H17ClF2N2O2S/c1-21(2)15(12-5-3-4-6-13(12)17)10-20-24(22,23)16-8-7-11(18)9-14(16)19/h3-9,15,20H,10H2,1-2H3. The number of nitrogens with zero attached hydrogens (tertiary/aromatic N) is 1. The second kappa shape index (κ2) is 7.57. The van der Waals surface area contributed by atoms with Crippen LogP contribution in [0.4, 0.5) is 8.78 Å². The molecule has 0 bridgehead atoms. The number of hydrogen-bond donors (Lipinski definition) is 1. The first kappa shape index (κ1) is 18.8. The fourth-order valence-corrected chi connectivity index (χ4v) is 3.63. The van der Waals surface area contributed by atoms with Gasteiger partial charge in [-0.15, -0.1) is 0 Å². The normalized spacial score (nSPS) is 13.2. The Hall–Kier alpha value is -1.54. The monoisotopic (exact) mass is 374 g/mol. The third kappa shape index (κ3) is 4.30. The van der Waals surface area contributed by atoms with E-state index in [-0.39, 0.29) is 12.6 Å². The predicted molar refractivity (Wildman–Crippen MR) is 89.4 cm³/mol. The predicted octanol–water partition coefficient (Wildman–Crippen LogP) is 3.20. The fraction of sp³-hybridized carbons (Fsp3) is 0.250. The summed E-state index contributed by atoms with van der Waals surface area (Å²) in [5, 5.41) is 0.503. The van der Waals surface area contributed by atoms with Crippen LogP contribution in [0.5, 0.6) is 0 Å². The Balaban J connectivity index is 2.24. The van der Waals surface area contributed by atoms with Crippen molar-refractivity contribution in [3.8, 4) is 0 Å². The van der Waals surface area contributed by atoms with E-state index in [9.17, 15) is 17.2 Å². The summed E-state index contributed by atoms with van der Waals surface area (Å²) in [5.74, 6) is -1.98. The van der Waals surface area contributed by atoms with Gasteiger partial charge in [-0.25, -0.2) is 21.9 Å². The van der Waals surface area contributed by atoms with Crippen LogP contribution in [0.15, 0.2) is 47.4 Å². The van der Waals surface area contributed by atoms with Crippen molar-refractivity contribution in [2.24, 2.45) is 0 Å². The zero-order valence-electron chi connectivity index (χ0n) is 13.1. The first-order valence-electron chi connectivity index (χ1n) is 7.08. The van der Waals surface area contributed by atoms with Crippen molar-refractivity contribution >= 4 is 21.6 Å². The molecule has 8 heteroatoms. The van der Waals surface area contributed by atoms with Crippen molar-refractivity contribution in [3.63, 3.8) is 0 Å². The van der Waals surface area contributed by atoms with Crippen LogP contribution >= 0.6 is 11.6 Å². The molecule has 24 heavy (non-hydrogen) atoms. The smallest absolute Gasteiger partial charge is 0.243 e. The van der Waals surface area contributed by atoms with E-state index in [1.807, 2.05) is 0 Å². The highest BCUT2D eigenvalue weighted by Crippen LogP contribution is 2.26. The van der Waals surface area contributed by atoms with Gasteiger partial charge in [0.1, 0.15) is 16.5 Å². The van der Waals surface area contributed by atoms with Gasteiger partial charge in [0.05, 0.1) is 0 Å². The second-order valence-electron chi connectivity index (χ2n) is 5.43. The van der Waals surface area contributed by atoms with Crippen LogP contribution < -0.4 is 4.72 Å². The number of halogens is 3. The van der Waals surface area contributed by atoms with E-state index in [1.165, 1.54) is 0 Å². The van der Waals surface area contributed by atoms with Gasteiger partial charge in [-0.2, -0.15) is 0 Å². The lowest BCUT2D eigenvalue weighted by Gasteiger charge is -2.26. The Morgan fingerprint density at radius 2 is 1.83 bits per heavy atom. The lowest BCUT2D eigenvalue weighted by atomic mass is 10.1. The van der Waals surface area contributed by atoms with Gasteiger partial charge >= 0.3 is 0 Å². The first-order chi connectivity index (χ1) is 11.2. The van der Waals surface area contributed by atoms with Crippen molar-refractivity contribution < 1.29 is 17.2 Å². The summed E-state index contributed by atoms with van der Waals surface area (Å²) >= 11 is 6.17. The highest BCUT2D eigenvalue weighted by Gasteiger charge is 2.23.